The Labute approximate surface area is 195 Å². The molecule has 7 nitrogen and oxygen atoms in total. The lowest BCUT2D eigenvalue weighted by atomic mass is 10.2. The number of aromatic nitrogens is 2. The van der Waals surface area contributed by atoms with Crippen LogP contribution >= 0.6 is 15.9 Å². The molecule has 9 heteroatoms. The fourth-order valence-electron chi connectivity index (χ4n) is 3.08. The number of sulfonamides is 1. The molecule has 1 aromatic heterocycles. The van der Waals surface area contributed by atoms with Crippen LogP contribution < -0.4 is 14.8 Å². The molecule has 0 radical (unpaired) electrons. The van der Waals surface area contributed by atoms with Crippen LogP contribution in [0.1, 0.15) is 12.5 Å². The highest BCUT2D eigenvalue weighted by molar-refractivity contribution is 9.10. The number of aryl methyl sites for hydroxylation is 1. The smallest absolute Gasteiger partial charge is 0.266 e. The molecule has 32 heavy (non-hydrogen) atoms. The SMILES string of the molecule is CCOc1ccc(Br)cc1S(=O)(=O)Nc1nc2ccccc2nc1Nc1ccc(C)cc1. The molecule has 2 N–H and O–H groups in total. The monoisotopic (exact) mass is 512 g/mol. The van der Waals surface area contributed by atoms with E-state index in [4.69, 9.17) is 4.74 Å². The second-order valence-electron chi connectivity index (χ2n) is 7.03. The van der Waals surface area contributed by atoms with Crippen LogP contribution in [0.5, 0.6) is 5.75 Å². The highest BCUT2D eigenvalue weighted by Gasteiger charge is 2.23. The third-order valence-corrected chi connectivity index (χ3v) is 6.46. The predicted molar refractivity (Wildman–Crippen MR) is 130 cm³/mol. The molecule has 0 aliphatic carbocycles. The topological polar surface area (TPSA) is 93.2 Å². The molecule has 0 saturated carbocycles. The molecule has 0 aliphatic heterocycles. The molecule has 1 heterocycles. The third-order valence-electron chi connectivity index (χ3n) is 4.61. The van der Waals surface area contributed by atoms with Gasteiger partial charge in [0.05, 0.1) is 17.6 Å². The van der Waals surface area contributed by atoms with Crippen molar-refractivity contribution < 1.29 is 13.2 Å². The van der Waals surface area contributed by atoms with Crippen molar-refractivity contribution in [3.05, 3.63) is 76.8 Å². The standard InChI is InChI=1S/C23H21BrN4O3S/c1-3-31-20-13-10-16(24)14-21(20)32(29,30)28-23-22(25-17-11-8-15(2)9-12-17)26-18-6-4-5-7-19(18)27-23/h4-14H,3H2,1-2H3,(H,25,26)(H,27,28). The van der Waals surface area contributed by atoms with Gasteiger partial charge in [-0.1, -0.05) is 45.8 Å². The minimum Gasteiger partial charge on any atom is -0.492 e. The molecule has 0 spiro atoms. The average Bonchev–Trinajstić information content (AvgIpc) is 2.77. The highest BCUT2D eigenvalue weighted by Crippen LogP contribution is 2.31. The van der Waals surface area contributed by atoms with Gasteiger partial charge in [0, 0.05) is 10.2 Å². The zero-order valence-electron chi connectivity index (χ0n) is 17.5. The molecule has 0 fully saturated rings. The fraction of sp³-hybridized carbons (Fsp3) is 0.130. The lowest BCUT2D eigenvalue weighted by Gasteiger charge is -2.16. The highest BCUT2D eigenvalue weighted by atomic mass is 79.9. The first kappa shape index (κ1) is 22.0. The van der Waals surface area contributed by atoms with Crippen LogP contribution in [0.2, 0.25) is 0 Å². The van der Waals surface area contributed by atoms with Crippen molar-refractivity contribution in [3.8, 4) is 5.75 Å². The molecule has 0 bridgehead atoms. The van der Waals surface area contributed by atoms with Crippen LogP contribution in [0.3, 0.4) is 0 Å². The van der Waals surface area contributed by atoms with Crippen LogP contribution in [-0.4, -0.2) is 25.0 Å². The number of nitrogens with one attached hydrogen (secondary N) is 2. The number of para-hydroxylation sites is 2. The Hall–Kier alpha value is -3.17. The minimum atomic E-state index is -4.03. The zero-order chi connectivity index (χ0) is 22.7. The third kappa shape index (κ3) is 4.84. The Kier molecular flexibility index (Phi) is 6.29. The predicted octanol–water partition coefficient (Wildman–Crippen LogP) is 5.64. The van der Waals surface area contributed by atoms with Gasteiger partial charge in [-0.15, -0.1) is 0 Å². The van der Waals surface area contributed by atoms with E-state index in [-0.39, 0.29) is 16.5 Å². The Balaban J connectivity index is 1.79. The fourth-order valence-corrected chi connectivity index (χ4v) is 4.77. The Morgan fingerprint density at radius 1 is 0.938 bits per heavy atom. The zero-order valence-corrected chi connectivity index (χ0v) is 19.9. The van der Waals surface area contributed by atoms with Gasteiger partial charge in [0.1, 0.15) is 10.6 Å². The normalized spacial score (nSPS) is 11.3. The summed E-state index contributed by atoms with van der Waals surface area (Å²) in [5.41, 5.74) is 3.08. The van der Waals surface area contributed by atoms with Crippen LogP contribution in [0.15, 0.2) is 76.1 Å². The van der Waals surface area contributed by atoms with Gasteiger partial charge in [0.15, 0.2) is 11.6 Å². The van der Waals surface area contributed by atoms with Gasteiger partial charge in [-0.05, 0) is 56.3 Å². The van der Waals surface area contributed by atoms with Gasteiger partial charge in [0.2, 0.25) is 0 Å². The average molecular weight is 513 g/mol. The molecular weight excluding hydrogens is 492 g/mol. The number of nitrogens with zero attached hydrogens (tertiary/aromatic N) is 2. The Morgan fingerprint density at radius 3 is 2.25 bits per heavy atom. The van der Waals surface area contributed by atoms with Crippen molar-refractivity contribution in [2.24, 2.45) is 0 Å². The molecule has 0 aliphatic rings. The second kappa shape index (κ2) is 9.13. The van der Waals surface area contributed by atoms with E-state index in [1.54, 1.807) is 25.1 Å². The maximum absolute atomic E-state index is 13.3. The molecule has 4 rings (SSSR count). The van der Waals surface area contributed by atoms with E-state index in [9.17, 15) is 8.42 Å². The summed E-state index contributed by atoms with van der Waals surface area (Å²) >= 11 is 3.33. The molecule has 0 atom stereocenters. The van der Waals surface area contributed by atoms with E-state index >= 15 is 0 Å². The van der Waals surface area contributed by atoms with Gasteiger partial charge >= 0.3 is 0 Å². The molecule has 0 unspecified atom stereocenters. The number of fused-ring (bicyclic) bond motifs is 1. The van der Waals surface area contributed by atoms with Crippen molar-refractivity contribution in [1.29, 1.82) is 0 Å². The number of hydrogen-bond acceptors (Lipinski definition) is 6. The summed E-state index contributed by atoms with van der Waals surface area (Å²) in [4.78, 5) is 9.14. The summed E-state index contributed by atoms with van der Waals surface area (Å²) < 4.78 is 35.4. The van der Waals surface area contributed by atoms with Gasteiger partial charge in [-0.25, -0.2) is 18.4 Å². The number of hydrogen-bond donors (Lipinski definition) is 2. The number of anilines is 3. The maximum atomic E-state index is 13.3. The summed E-state index contributed by atoms with van der Waals surface area (Å²) in [6, 6.07) is 19.8. The van der Waals surface area contributed by atoms with Gasteiger partial charge in [0.25, 0.3) is 10.0 Å². The summed E-state index contributed by atoms with van der Waals surface area (Å²) in [6.07, 6.45) is 0. The number of halogens is 1. The van der Waals surface area contributed by atoms with E-state index in [2.05, 4.69) is 35.9 Å². The van der Waals surface area contributed by atoms with Crippen LogP contribution in [0.25, 0.3) is 11.0 Å². The largest absolute Gasteiger partial charge is 0.492 e. The Bertz CT molecular complexity index is 1380. The summed E-state index contributed by atoms with van der Waals surface area (Å²) in [7, 11) is -4.03. The Morgan fingerprint density at radius 2 is 1.59 bits per heavy atom. The first-order chi connectivity index (χ1) is 15.4. The van der Waals surface area contributed by atoms with Crippen molar-refractivity contribution in [2.45, 2.75) is 18.7 Å². The quantitative estimate of drug-likeness (QED) is 0.332. The first-order valence-electron chi connectivity index (χ1n) is 9.91. The van der Waals surface area contributed by atoms with Crippen LogP contribution in [-0.2, 0) is 10.0 Å². The van der Waals surface area contributed by atoms with E-state index in [0.29, 0.717) is 27.9 Å². The molecule has 164 valence electrons. The summed E-state index contributed by atoms with van der Waals surface area (Å²) in [5, 5.41) is 3.18. The number of rotatable bonds is 7. The van der Waals surface area contributed by atoms with Crippen molar-refractivity contribution >= 4 is 54.3 Å². The summed E-state index contributed by atoms with van der Waals surface area (Å²) in [5.74, 6) is 0.640. The summed E-state index contributed by atoms with van der Waals surface area (Å²) in [6.45, 7) is 4.12. The van der Waals surface area contributed by atoms with E-state index in [1.165, 1.54) is 6.07 Å². The maximum Gasteiger partial charge on any atom is 0.266 e. The van der Waals surface area contributed by atoms with Crippen LogP contribution in [0.4, 0.5) is 17.3 Å². The number of ether oxygens (including phenoxy) is 1. The second-order valence-corrected chi connectivity index (χ2v) is 9.60. The van der Waals surface area contributed by atoms with Gasteiger partial charge in [-0.2, -0.15) is 0 Å². The van der Waals surface area contributed by atoms with Crippen molar-refractivity contribution in [2.75, 3.05) is 16.6 Å². The van der Waals surface area contributed by atoms with Gasteiger partial charge in [-0.3, -0.25) is 4.72 Å². The van der Waals surface area contributed by atoms with Crippen LogP contribution in [0, 0.1) is 6.92 Å². The molecule has 4 aromatic rings. The van der Waals surface area contributed by atoms with E-state index < -0.39 is 10.0 Å². The number of benzene rings is 3. The van der Waals surface area contributed by atoms with E-state index in [1.807, 2.05) is 49.4 Å². The minimum absolute atomic E-state index is 0.00460. The molecule has 0 saturated heterocycles. The molecular formula is C23H21BrN4O3S. The van der Waals surface area contributed by atoms with Gasteiger partial charge < -0.3 is 10.1 Å². The van der Waals surface area contributed by atoms with Crippen molar-refractivity contribution in [1.82, 2.24) is 9.97 Å². The molecule has 0 amide bonds. The lowest BCUT2D eigenvalue weighted by molar-refractivity contribution is 0.331. The lowest BCUT2D eigenvalue weighted by Crippen LogP contribution is -2.17. The van der Waals surface area contributed by atoms with Crippen molar-refractivity contribution in [3.63, 3.8) is 0 Å². The molecule has 3 aromatic carbocycles. The van der Waals surface area contributed by atoms with E-state index in [0.717, 1.165) is 11.3 Å². The first-order valence-corrected chi connectivity index (χ1v) is 12.2.